The molecule has 152 valence electrons. The zero-order valence-electron chi connectivity index (χ0n) is 15.1. The lowest BCUT2D eigenvalue weighted by Crippen LogP contribution is -2.18. The highest BCUT2D eigenvalue weighted by Crippen LogP contribution is 2.49. The van der Waals surface area contributed by atoms with Crippen molar-refractivity contribution in [3.05, 3.63) is 68.3 Å². The third-order valence-electron chi connectivity index (χ3n) is 4.52. The van der Waals surface area contributed by atoms with E-state index in [-0.39, 0.29) is 10.6 Å². The Morgan fingerprint density at radius 2 is 1.86 bits per heavy atom. The Balaban J connectivity index is 1.98. The van der Waals surface area contributed by atoms with Crippen molar-refractivity contribution in [2.75, 3.05) is 6.26 Å². The summed E-state index contributed by atoms with van der Waals surface area (Å²) in [6.07, 6.45) is 0.657. The van der Waals surface area contributed by atoms with E-state index in [1.807, 2.05) is 12.1 Å². The van der Waals surface area contributed by atoms with E-state index in [1.165, 1.54) is 11.3 Å². The molecule has 3 aromatic rings. The number of thiophene rings is 1. The lowest BCUT2D eigenvalue weighted by molar-refractivity contribution is 0.246. The summed E-state index contributed by atoms with van der Waals surface area (Å²) in [5, 5.41) is 5.21. The van der Waals surface area contributed by atoms with E-state index >= 15 is 0 Å². The number of benzene rings is 2. The van der Waals surface area contributed by atoms with E-state index in [2.05, 4.69) is 15.9 Å². The van der Waals surface area contributed by atoms with Gasteiger partial charge in [-0.1, -0.05) is 24.3 Å². The van der Waals surface area contributed by atoms with Crippen LogP contribution in [0.5, 0.6) is 5.75 Å². The van der Waals surface area contributed by atoms with Gasteiger partial charge in [-0.15, -0.1) is 11.3 Å². The van der Waals surface area contributed by atoms with E-state index in [0.717, 1.165) is 14.9 Å². The molecule has 0 bridgehead atoms. The Morgan fingerprint density at radius 3 is 2.48 bits per heavy atom. The summed E-state index contributed by atoms with van der Waals surface area (Å²) >= 11 is 4.94. The molecule has 2 heterocycles. The average molecular weight is 514 g/mol. The number of hydrogen-bond donors (Lipinski definition) is 1. The molecule has 0 radical (unpaired) electrons. The van der Waals surface area contributed by atoms with Crippen LogP contribution in [0, 0.1) is 0 Å². The van der Waals surface area contributed by atoms with Gasteiger partial charge in [-0.25, -0.2) is 22.0 Å². The normalized spacial score (nSPS) is 16.0. The van der Waals surface area contributed by atoms with Gasteiger partial charge in [-0.3, -0.25) is 0 Å². The molecule has 0 aliphatic carbocycles. The molecule has 2 N–H and O–H groups in total. The van der Waals surface area contributed by atoms with Gasteiger partial charge in [0, 0.05) is 17.4 Å². The van der Waals surface area contributed by atoms with E-state index < -0.39 is 26.0 Å². The predicted octanol–water partition coefficient (Wildman–Crippen LogP) is 3.85. The van der Waals surface area contributed by atoms with Gasteiger partial charge < -0.3 is 4.74 Å². The molecular formula is C19H16BrNO5S3. The zero-order chi connectivity index (χ0) is 21.0. The Labute approximate surface area is 181 Å². The molecule has 0 amide bonds. The second-order valence-corrected chi connectivity index (χ2v) is 12.9. The molecule has 4 rings (SSSR count). The van der Waals surface area contributed by atoms with Crippen LogP contribution in [-0.2, 0) is 25.6 Å². The van der Waals surface area contributed by atoms with Crippen molar-refractivity contribution in [3.8, 4) is 16.9 Å². The molecule has 6 nitrogen and oxygen atoms in total. The first kappa shape index (κ1) is 20.5. The summed E-state index contributed by atoms with van der Waals surface area (Å²) in [7, 11) is -7.22. The topological polar surface area (TPSA) is 104 Å². The number of sulfone groups is 1. The monoisotopic (exact) mass is 513 g/mol. The van der Waals surface area contributed by atoms with Crippen molar-refractivity contribution >= 4 is 47.1 Å². The maximum absolute atomic E-state index is 12.4. The second kappa shape index (κ2) is 7.21. The molecule has 1 aromatic heterocycles. The van der Waals surface area contributed by atoms with Crippen LogP contribution in [0.2, 0.25) is 0 Å². The van der Waals surface area contributed by atoms with Crippen LogP contribution in [0.3, 0.4) is 0 Å². The summed E-state index contributed by atoms with van der Waals surface area (Å²) in [6, 6.07) is 13.9. The Morgan fingerprint density at radius 1 is 1.10 bits per heavy atom. The number of primary sulfonamides is 1. The van der Waals surface area contributed by atoms with Gasteiger partial charge in [0.15, 0.2) is 15.9 Å². The van der Waals surface area contributed by atoms with Crippen LogP contribution in [0.25, 0.3) is 11.1 Å². The average Bonchev–Trinajstić information content (AvgIpc) is 3.04. The largest absolute Gasteiger partial charge is 0.479 e. The van der Waals surface area contributed by atoms with Crippen LogP contribution >= 0.6 is 27.3 Å². The highest BCUT2D eigenvalue weighted by atomic mass is 79.9. The minimum Gasteiger partial charge on any atom is -0.479 e. The molecular weight excluding hydrogens is 498 g/mol. The molecule has 0 saturated carbocycles. The van der Waals surface area contributed by atoms with Crippen molar-refractivity contribution < 1.29 is 21.6 Å². The lowest BCUT2D eigenvalue weighted by Gasteiger charge is -2.30. The van der Waals surface area contributed by atoms with Gasteiger partial charge in [0.2, 0.25) is 10.0 Å². The van der Waals surface area contributed by atoms with Gasteiger partial charge in [0.05, 0.1) is 19.3 Å². The molecule has 29 heavy (non-hydrogen) atoms. The molecule has 1 atom stereocenters. The molecule has 2 aromatic carbocycles. The highest BCUT2D eigenvalue weighted by Gasteiger charge is 2.32. The first-order chi connectivity index (χ1) is 13.5. The van der Waals surface area contributed by atoms with E-state index in [0.29, 0.717) is 28.0 Å². The summed E-state index contributed by atoms with van der Waals surface area (Å²) in [5.41, 5.74) is 2.39. The van der Waals surface area contributed by atoms with E-state index in [4.69, 9.17) is 9.88 Å². The fraction of sp³-hybridized carbons (Fsp3) is 0.158. The first-order valence-corrected chi connectivity index (χ1v) is 13.6. The van der Waals surface area contributed by atoms with Gasteiger partial charge in [-0.05, 0) is 51.3 Å². The number of sulfonamides is 1. The number of rotatable bonds is 4. The molecule has 0 saturated heterocycles. The summed E-state index contributed by atoms with van der Waals surface area (Å²) in [5.74, 6) is 0.149. The van der Waals surface area contributed by atoms with Crippen molar-refractivity contribution in [1.82, 2.24) is 0 Å². The van der Waals surface area contributed by atoms with Crippen LogP contribution in [0.15, 0.2) is 57.2 Å². The second-order valence-electron chi connectivity index (χ2n) is 6.77. The third kappa shape index (κ3) is 4.13. The lowest BCUT2D eigenvalue weighted by atomic mass is 9.91. The Hall–Kier alpha value is -1.72. The van der Waals surface area contributed by atoms with E-state index in [9.17, 15) is 16.8 Å². The summed E-state index contributed by atoms with van der Waals surface area (Å²) in [4.78, 5) is 1.07. The Bertz CT molecular complexity index is 1330. The minimum atomic E-state index is -3.72. The summed E-state index contributed by atoms with van der Waals surface area (Å²) < 4.78 is 55.0. The molecule has 1 unspecified atom stereocenters. The highest BCUT2D eigenvalue weighted by molar-refractivity contribution is 9.11. The van der Waals surface area contributed by atoms with Crippen LogP contribution < -0.4 is 9.88 Å². The number of halogens is 1. The molecule has 1 aliphatic rings. The molecule has 1 aliphatic heterocycles. The van der Waals surface area contributed by atoms with Gasteiger partial charge >= 0.3 is 0 Å². The number of nitrogens with two attached hydrogens (primary N) is 1. The Kier molecular flexibility index (Phi) is 5.11. The van der Waals surface area contributed by atoms with Crippen molar-refractivity contribution in [1.29, 1.82) is 0 Å². The van der Waals surface area contributed by atoms with Crippen LogP contribution in [0.4, 0.5) is 0 Å². The quantitative estimate of drug-likeness (QED) is 0.570. The molecule has 0 spiro atoms. The van der Waals surface area contributed by atoms with Crippen molar-refractivity contribution in [2.45, 2.75) is 16.8 Å². The smallest absolute Gasteiger partial charge is 0.213 e. The molecule has 10 heteroatoms. The molecule has 0 fully saturated rings. The zero-order valence-corrected chi connectivity index (χ0v) is 19.2. The fourth-order valence-corrected chi connectivity index (χ4v) is 6.46. The minimum absolute atomic E-state index is 0.168. The van der Waals surface area contributed by atoms with Gasteiger partial charge in [-0.2, -0.15) is 0 Å². The van der Waals surface area contributed by atoms with Crippen molar-refractivity contribution in [3.63, 3.8) is 0 Å². The van der Waals surface area contributed by atoms with E-state index in [1.54, 1.807) is 36.4 Å². The number of hydrogen-bond acceptors (Lipinski definition) is 6. The third-order valence-corrected chi connectivity index (χ3v) is 8.06. The number of fused-ring (bicyclic) bond motifs is 3. The standard InChI is InChI=1S/C19H16BrNO5S3/c1-28(22,23)16-4-2-3-14-18(16)12-6-5-11(10-29(21,24)25)9-13(12)19(26-14)15-7-8-17(20)27-15/h2-9,19H,10H2,1H3,(H2,21,24,25). The first-order valence-electron chi connectivity index (χ1n) is 8.41. The van der Waals surface area contributed by atoms with Gasteiger partial charge in [0.25, 0.3) is 0 Å². The van der Waals surface area contributed by atoms with Gasteiger partial charge in [0.1, 0.15) is 5.75 Å². The van der Waals surface area contributed by atoms with Crippen LogP contribution in [-0.4, -0.2) is 23.1 Å². The maximum atomic E-state index is 12.4. The number of ether oxygens (including phenoxy) is 1. The predicted molar refractivity (Wildman–Crippen MR) is 116 cm³/mol. The fourth-order valence-electron chi connectivity index (χ4n) is 3.43. The van der Waals surface area contributed by atoms with Crippen molar-refractivity contribution in [2.24, 2.45) is 5.14 Å². The maximum Gasteiger partial charge on any atom is 0.213 e. The van der Waals surface area contributed by atoms with Crippen LogP contribution in [0.1, 0.15) is 22.1 Å². The SMILES string of the molecule is CS(=O)(=O)c1cccc2c1-c1ccc(CS(N)(=O)=O)cc1C(c1ccc(Br)s1)O2. The summed E-state index contributed by atoms with van der Waals surface area (Å²) in [6.45, 7) is 0.